The summed E-state index contributed by atoms with van der Waals surface area (Å²) < 4.78 is 20.0. The monoisotopic (exact) mass is 317 g/mol. The minimum atomic E-state index is -0.738. The molecule has 124 valence electrons. The number of aryl methyl sites for hydroxylation is 1. The molecule has 1 aromatic carbocycles. The van der Waals surface area contributed by atoms with E-state index in [0.29, 0.717) is 17.8 Å². The van der Waals surface area contributed by atoms with Gasteiger partial charge in [-0.25, -0.2) is 4.39 Å². The first-order chi connectivity index (χ1) is 10.9. The quantitative estimate of drug-likeness (QED) is 0.917. The summed E-state index contributed by atoms with van der Waals surface area (Å²) in [7, 11) is 0. The van der Waals surface area contributed by atoms with Crippen LogP contribution in [0.15, 0.2) is 12.1 Å². The summed E-state index contributed by atoms with van der Waals surface area (Å²) in [5.74, 6) is 1.84. The number of amides is 1. The van der Waals surface area contributed by atoms with Gasteiger partial charge in [-0.1, -0.05) is 0 Å². The molecule has 4 aliphatic carbocycles. The maximum Gasteiger partial charge on any atom is 0.251 e. The van der Waals surface area contributed by atoms with Gasteiger partial charge < -0.3 is 10.5 Å². The second kappa shape index (κ2) is 5.22. The lowest BCUT2D eigenvalue weighted by atomic mass is 9.50. The molecule has 0 aromatic heterocycles. The number of carbonyl (C=O) groups is 1. The molecule has 3 nitrogen and oxygen atoms in total. The highest BCUT2D eigenvalue weighted by Gasteiger charge is 2.51. The van der Waals surface area contributed by atoms with Crippen LogP contribution in [0.4, 0.5) is 4.39 Å². The first-order valence-electron chi connectivity index (χ1n) is 8.67. The lowest BCUT2D eigenvalue weighted by Crippen LogP contribution is -2.48. The summed E-state index contributed by atoms with van der Waals surface area (Å²) in [4.78, 5) is 11.2. The molecule has 4 saturated carbocycles. The maximum absolute atomic E-state index is 14.0. The summed E-state index contributed by atoms with van der Waals surface area (Å²) in [6.45, 7) is 2.51. The third-order valence-electron chi connectivity index (χ3n) is 6.23. The van der Waals surface area contributed by atoms with Gasteiger partial charge in [-0.15, -0.1) is 0 Å². The topological polar surface area (TPSA) is 52.3 Å². The van der Waals surface area contributed by atoms with Crippen molar-refractivity contribution in [1.29, 1.82) is 0 Å². The van der Waals surface area contributed by atoms with Crippen molar-refractivity contribution in [1.82, 2.24) is 0 Å². The number of primary amides is 1. The van der Waals surface area contributed by atoms with Gasteiger partial charge in [-0.3, -0.25) is 4.79 Å². The van der Waals surface area contributed by atoms with Gasteiger partial charge in [0.1, 0.15) is 11.6 Å². The van der Waals surface area contributed by atoms with Crippen molar-refractivity contribution in [3.8, 4) is 5.75 Å². The van der Waals surface area contributed by atoms with Gasteiger partial charge in [0.05, 0.1) is 12.2 Å². The summed E-state index contributed by atoms with van der Waals surface area (Å²) >= 11 is 0. The van der Waals surface area contributed by atoms with Crippen molar-refractivity contribution in [3.63, 3.8) is 0 Å². The lowest BCUT2D eigenvalue weighted by molar-refractivity contribution is -0.0746. The number of rotatable bonds is 4. The second-order valence-corrected chi connectivity index (χ2v) is 8.17. The van der Waals surface area contributed by atoms with E-state index in [0.717, 1.165) is 23.3 Å². The molecule has 0 atom stereocenters. The number of carbonyl (C=O) groups excluding carboxylic acids is 1. The Labute approximate surface area is 136 Å². The van der Waals surface area contributed by atoms with E-state index in [1.165, 1.54) is 50.7 Å². The predicted octanol–water partition coefficient (Wildman–Crippen LogP) is 3.83. The molecule has 4 aliphatic rings. The fraction of sp³-hybridized carbons (Fsp3) is 0.632. The summed E-state index contributed by atoms with van der Waals surface area (Å²) in [5, 5.41) is 0. The van der Waals surface area contributed by atoms with E-state index in [1.54, 1.807) is 0 Å². The van der Waals surface area contributed by atoms with Gasteiger partial charge in [-0.2, -0.15) is 0 Å². The van der Waals surface area contributed by atoms with Crippen LogP contribution < -0.4 is 10.5 Å². The maximum atomic E-state index is 14.0. The Kier molecular flexibility index (Phi) is 3.40. The molecule has 0 heterocycles. The minimum absolute atomic E-state index is 0.0651. The molecular weight excluding hydrogens is 293 g/mol. The molecule has 0 spiro atoms. The molecule has 0 saturated heterocycles. The van der Waals surface area contributed by atoms with Crippen LogP contribution in [0.1, 0.15) is 54.4 Å². The SMILES string of the molecule is Cc1cc(C(N)=O)c(F)cc1OCC12CC3CC(CC(C3)C1)C2. The Hall–Kier alpha value is -1.58. The minimum Gasteiger partial charge on any atom is -0.493 e. The van der Waals surface area contributed by atoms with Gasteiger partial charge in [0.2, 0.25) is 0 Å². The van der Waals surface area contributed by atoms with E-state index in [4.69, 9.17) is 10.5 Å². The van der Waals surface area contributed by atoms with Crippen molar-refractivity contribution in [2.45, 2.75) is 45.4 Å². The molecule has 0 aliphatic heterocycles. The molecule has 4 bridgehead atoms. The highest BCUT2D eigenvalue weighted by Crippen LogP contribution is 2.60. The smallest absolute Gasteiger partial charge is 0.251 e. The van der Waals surface area contributed by atoms with Crippen LogP contribution in [0.25, 0.3) is 0 Å². The van der Waals surface area contributed by atoms with Crippen molar-refractivity contribution in [2.24, 2.45) is 28.9 Å². The Balaban J connectivity index is 1.51. The number of ether oxygens (including phenoxy) is 1. The van der Waals surface area contributed by atoms with E-state index >= 15 is 0 Å². The van der Waals surface area contributed by atoms with Crippen LogP contribution >= 0.6 is 0 Å². The fourth-order valence-electron chi connectivity index (χ4n) is 5.71. The van der Waals surface area contributed by atoms with Gasteiger partial charge in [0.25, 0.3) is 5.91 Å². The van der Waals surface area contributed by atoms with E-state index in [1.807, 2.05) is 6.92 Å². The third kappa shape index (κ3) is 2.62. The molecule has 4 fully saturated rings. The number of halogens is 1. The summed E-state index contributed by atoms with van der Waals surface area (Å²) in [5.41, 5.74) is 6.19. The van der Waals surface area contributed by atoms with E-state index in [9.17, 15) is 9.18 Å². The third-order valence-corrected chi connectivity index (χ3v) is 6.23. The molecular formula is C19H24FNO2. The summed E-state index contributed by atoms with van der Waals surface area (Å²) in [6, 6.07) is 2.81. The van der Waals surface area contributed by atoms with Gasteiger partial charge in [0, 0.05) is 11.5 Å². The molecule has 0 radical (unpaired) electrons. The standard InChI is InChI=1S/C19H24FNO2/c1-11-2-15(18(21)22)16(20)6-17(11)23-10-19-7-12-3-13(8-19)5-14(4-12)9-19/h2,6,12-14H,3-5,7-10H2,1H3,(H2,21,22). The molecule has 4 heteroatoms. The zero-order chi connectivity index (χ0) is 16.2. The average molecular weight is 317 g/mol. The Morgan fingerprint density at radius 3 is 2.30 bits per heavy atom. The van der Waals surface area contributed by atoms with Gasteiger partial charge in [0.15, 0.2) is 0 Å². The highest BCUT2D eigenvalue weighted by atomic mass is 19.1. The van der Waals surface area contributed by atoms with Crippen LogP contribution in [-0.2, 0) is 0 Å². The lowest BCUT2D eigenvalue weighted by Gasteiger charge is -2.56. The number of hydrogen-bond acceptors (Lipinski definition) is 2. The zero-order valence-corrected chi connectivity index (χ0v) is 13.6. The molecule has 0 unspecified atom stereocenters. The van der Waals surface area contributed by atoms with Crippen LogP contribution in [0, 0.1) is 35.9 Å². The number of nitrogens with two attached hydrogens (primary N) is 1. The highest BCUT2D eigenvalue weighted by molar-refractivity contribution is 5.93. The van der Waals surface area contributed by atoms with Crippen molar-refractivity contribution >= 4 is 5.91 Å². The van der Waals surface area contributed by atoms with E-state index in [2.05, 4.69) is 0 Å². The molecule has 1 aromatic rings. The van der Waals surface area contributed by atoms with Crippen molar-refractivity contribution in [2.75, 3.05) is 6.61 Å². The molecule has 1 amide bonds. The Morgan fingerprint density at radius 1 is 1.22 bits per heavy atom. The van der Waals surface area contributed by atoms with Crippen molar-refractivity contribution in [3.05, 3.63) is 29.1 Å². The molecule has 2 N–H and O–H groups in total. The Morgan fingerprint density at radius 2 is 1.78 bits per heavy atom. The zero-order valence-electron chi connectivity index (χ0n) is 13.6. The van der Waals surface area contributed by atoms with Crippen molar-refractivity contribution < 1.29 is 13.9 Å². The van der Waals surface area contributed by atoms with Crippen LogP contribution in [0.2, 0.25) is 0 Å². The van der Waals surface area contributed by atoms with E-state index < -0.39 is 11.7 Å². The van der Waals surface area contributed by atoms with E-state index in [-0.39, 0.29) is 5.56 Å². The predicted molar refractivity (Wildman–Crippen MR) is 85.8 cm³/mol. The number of benzene rings is 1. The van der Waals surface area contributed by atoms with Crippen LogP contribution in [0.5, 0.6) is 5.75 Å². The first-order valence-corrected chi connectivity index (χ1v) is 8.67. The average Bonchev–Trinajstić information content (AvgIpc) is 2.46. The largest absolute Gasteiger partial charge is 0.493 e. The summed E-state index contributed by atoms with van der Waals surface area (Å²) in [6.07, 6.45) is 8.00. The Bertz CT molecular complexity index is 620. The molecule has 5 rings (SSSR count). The van der Waals surface area contributed by atoms with Crippen LogP contribution in [0.3, 0.4) is 0 Å². The number of hydrogen-bond donors (Lipinski definition) is 1. The second-order valence-electron chi connectivity index (χ2n) is 8.17. The van der Waals surface area contributed by atoms with Gasteiger partial charge in [-0.05, 0) is 74.8 Å². The first kappa shape index (κ1) is 15.0. The normalized spacial score (nSPS) is 34.6. The van der Waals surface area contributed by atoms with Gasteiger partial charge >= 0.3 is 0 Å². The van der Waals surface area contributed by atoms with Crippen LogP contribution in [-0.4, -0.2) is 12.5 Å². The fourth-order valence-corrected chi connectivity index (χ4v) is 5.71. The molecule has 23 heavy (non-hydrogen) atoms.